The van der Waals surface area contributed by atoms with Gasteiger partial charge in [0.1, 0.15) is 17.7 Å². The lowest BCUT2D eigenvalue weighted by atomic mass is 9.98. The van der Waals surface area contributed by atoms with Crippen molar-refractivity contribution in [1.29, 1.82) is 0 Å². The van der Waals surface area contributed by atoms with Gasteiger partial charge in [-0.15, -0.1) is 0 Å². The second-order valence-corrected chi connectivity index (χ2v) is 8.36. The Kier molecular flexibility index (Phi) is 6.51. The van der Waals surface area contributed by atoms with Crippen molar-refractivity contribution in [2.45, 2.75) is 39.2 Å². The van der Waals surface area contributed by atoms with Crippen molar-refractivity contribution in [3.63, 3.8) is 0 Å². The predicted octanol–water partition coefficient (Wildman–Crippen LogP) is 2.12. The normalized spacial score (nSPS) is 23.5. The Bertz CT molecular complexity index is 936. The molecule has 0 radical (unpaired) electrons. The highest BCUT2D eigenvalue weighted by Gasteiger charge is 2.38. The molecule has 0 aliphatic carbocycles. The van der Waals surface area contributed by atoms with E-state index in [0.29, 0.717) is 26.1 Å². The number of esters is 1. The van der Waals surface area contributed by atoms with Gasteiger partial charge in [-0.3, -0.25) is 9.59 Å². The van der Waals surface area contributed by atoms with Crippen LogP contribution in [0.2, 0.25) is 0 Å². The molecule has 1 saturated heterocycles. The van der Waals surface area contributed by atoms with Crippen LogP contribution in [0.25, 0.3) is 0 Å². The number of nitrogens with zero attached hydrogens (tertiary/aromatic N) is 2. The van der Waals surface area contributed by atoms with Gasteiger partial charge in [0, 0.05) is 6.42 Å². The second kappa shape index (κ2) is 9.47. The van der Waals surface area contributed by atoms with Gasteiger partial charge in [0.05, 0.1) is 31.7 Å². The van der Waals surface area contributed by atoms with Gasteiger partial charge in [0.2, 0.25) is 0 Å². The number of amides is 1. The molecule has 0 spiro atoms. The van der Waals surface area contributed by atoms with Crippen molar-refractivity contribution >= 4 is 17.6 Å². The van der Waals surface area contributed by atoms with Crippen LogP contribution in [0.3, 0.4) is 0 Å². The summed E-state index contributed by atoms with van der Waals surface area (Å²) in [6.07, 6.45) is 3.97. The number of piperidine rings is 1. The molecule has 164 valence electrons. The van der Waals surface area contributed by atoms with Crippen molar-refractivity contribution in [2.24, 2.45) is 11.0 Å². The molecule has 1 unspecified atom stereocenters. The van der Waals surface area contributed by atoms with Crippen LogP contribution in [-0.2, 0) is 14.3 Å². The monoisotopic (exact) mass is 424 g/mol. The molecule has 1 aromatic heterocycles. The molecule has 1 amide bonds. The molecule has 2 aliphatic rings. The van der Waals surface area contributed by atoms with E-state index < -0.39 is 0 Å². The SMILES string of the molecule is CCOC(=O)[C@H]1CCC[NH+](CC(=O)N2N=C(c3ccc(C)cc3)C[C@H]2c2ccco2)C1. The van der Waals surface area contributed by atoms with Crippen molar-refractivity contribution in [2.75, 3.05) is 26.2 Å². The number of rotatable bonds is 6. The summed E-state index contributed by atoms with van der Waals surface area (Å²) in [5.74, 6) is 0.393. The summed E-state index contributed by atoms with van der Waals surface area (Å²) < 4.78 is 10.8. The lowest BCUT2D eigenvalue weighted by Crippen LogP contribution is -3.14. The summed E-state index contributed by atoms with van der Waals surface area (Å²) >= 11 is 0. The van der Waals surface area contributed by atoms with E-state index in [4.69, 9.17) is 14.3 Å². The Balaban J connectivity index is 1.49. The highest BCUT2D eigenvalue weighted by atomic mass is 16.5. The summed E-state index contributed by atoms with van der Waals surface area (Å²) in [6, 6.07) is 11.7. The van der Waals surface area contributed by atoms with Gasteiger partial charge >= 0.3 is 5.97 Å². The Morgan fingerprint density at radius 2 is 2.06 bits per heavy atom. The third-order valence-corrected chi connectivity index (χ3v) is 6.06. The molecule has 7 heteroatoms. The molecule has 2 aliphatic heterocycles. The zero-order chi connectivity index (χ0) is 21.8. The number of nitrogens with one attached hydrogen (secondary N) is 1. The van der Waals surface area contributed by atoms with Crippen LogP contribution in [0.4, 0.5) is 0 Å². The van der Waals surface area contributed by atoms with E-state index in [9.17, 15) is 9.59 Å². The van der Waals surface area contributed by atoms with E-state index in [1.807, 2.05) is 38.1 Å². The maximum absolute atomic E-state index is 13.3. The van der Waals surface area contributed by atoms with Gasteiger partial charge in [0.25, 0.3) is 5.91 Å². The minimum Gasteiger partial charge on any atom is -0.467 e. The second-order valence-electron chi connectivity index (χ2n) is 8.36. The number of furan rings is 1. The number of aryl methyl sites for hydroxylation is 1. The van der Waals surface area contributed by atoms with Crippen molar-refractivity contribution < 1.29 is 23.6 Å². The number of hydrogen-bond acceptors (Lipinski definition) is 5. The molecule has 3 heterocycles. The van der Waals surface area contributed by atoms with Gasteiger partial charge in [-0.25, -0.2) is 5.01 Å². The van der Waals surface area contributed by atoms with Crippen LogP contribution >= 0.6 is 0 Å². The fraction of sp³-hybridized carbons (Fsp3) is 0.458. The summed E-state index contributed by atoms with van der Waals surface area (Å²) in [7, 11) is 0. The molecule has 1 aromatic carbocycles. The van der Waals surface area contributed by atoms with Crippen molar-refractivity contribution in [3.8, 4) is 0 Å². The molecule has 31 heavy (non-hydrogen) atoms. The largest absolute Gasteiger partial charge is 0.467 e. The summed E-state index contributed by atoms with van der Waals surface area (Å²) in [5.41, 5.74) is 3.08. The molecule has 2 aromatic rings. The van der Waals surface area contributed by atoms with Crippen LogP contribution in [0.1, 0.15) is 49.1 Å². The standard InChI is InChI=1S/C24H29N3O4/c1-3-30-24(29)19-6-4-12-26(15-19)16-23(28)27-21(22-7-5-13-31-22)14-20(25-27)18-10-8-17(2)9-11-18/h5,7-11,13,19,21H,3-4,6,12,14-16H2,1-2H3/p+1/t19-,21-/m0/s1. The Morgan fingerprint density at radius 1 is 1.26 bits per heavy atom. The maximum Gasteiger partial charge on any atom is 0.314 e. The fourth-order valence-corrected chi connectivity index (χ4v) is 4.43. The maximum atomic E-state index is 13.3. The van der Waals surface area contributed by atoms with Crippen LogP contribution < -0.4 is 4.90 Å². The first-order valence-electron chi connectivity index (χ1n) is 11.0. The van der Waals surface area contributed by atoms with Gasteiger partial charge < -0.3 is 14.1 Å². The molecular weight excluding hydrogens is 394 g/mol. The number of quaternary nitrogens is 1. The van der Waals surface area contributed by atoms with Crippen molar-refractivity contribution in [3.05, 3.63) is 59.5 Å². The van der Waals surface area contributed by atoms with Crippen LogP contribution in [0.5, 0.6) is 0 Å². The lowest BCUT2D eigenvalue weighted by molar-refractivity contribution is -0.899. The van der Waals surface area contributed by atoms with E-state index in [2.05, 4.69) is 12.1 Å². The van der Waals surface area contributed by atoms with Crippen LogP contribution in [-0.4, -0.2) is 48.8 Å². The first kappa shape index (κ1) is 21.3. The fourth-order valence-electron chi connectivity index (χ4n) is 4.43. The Labute approximate surface area is 182 Å². The predicted molar refractivity (Wildman–Crippen MR) is 116 cm³/mol. The zero-order valence-corrected chi connectivity index (χ0v) is 18.2. The van der Waals surface area contributed by atoms with E-state index in [-0.39, 0.29) is 23.8 Å². The number of ether oxygens (including phenoxy) is 1. The molecule has 1 N–H and O–H groups in total. The summed E-state index contributed by atoms with van der Waals surface area (Å²) in [4.78, 5) is 26.5. The Morgan fingerprint density at radius 3 is 2.77 bits per heavy atom. The minimum atomic E-state index is -0.246. The third-order valence-electron chi connectivity index (χ3n) is 6.06. The molecule has 0 bridgehead atoms. The number of benzene rings is 1. The first-order valence-corrected chi connectivity index (χ1v) is 11.0. The highest BCUT2D eigenvalue weighted by molar-refractivity contribution is 6.03. The van der Waals surface area contributed by atoms with E-state index in [0.717, 1.165) is 41.3 Å². The van der Waals surface area contributed by atoms with Gasteiger partial charge in [-0.05, 0) is 44.4 Å². The van der Waals surface area contributed by atoms with E-state index in [1.54, 1.807) is 11.3 Å². The van der Waals surface area contributed by atoms with Crippen LogP contribution in [0.15, 0.2) is 52.2 Å². The first-order chi connectivity index (χ1) is 15.0. The molecule has 0 saturated carbocycles. The van der Waals surface area contributed by atoms with Gasteiger partial charge in [-0.1, -0.05) is 29.8 Å². The molecule has 1 fully saturated rings. The summed E-state index contributed by atoms with van der Waals surface area (Å²) in [5, 5.41) is 6.29. The number of carbonyl (C=O) groups excluding carboxylic acids is 2. The van der Waals surface area contributed by atoms with Crippen LogP contribution in [0, 0.1) is 12.8 Å². The zero-order valence-electron chi connectivity index (χ0n) is 18.2. The average Bonchev–Trinajstić information content (AvgIpc) is 3.45. The Hall–Kier alpha value is -2.93. The molecular formula is C24H30N3O4+. The van der Waals surface area contributed by atoms with E-state index >= 15 is 0 Å². The minimum absolute atomic E-state index is 0.0528. The quantitative estimate of drug-likeness (QED) is 0.721. The van der Waals surface area contributed by atoms with Gasteiger partial charge in [0.15, 0.2) is 6.54 Å². The lowest BCUT2D eigenvalue weighted by Gasteiger charge is -2.29. The highest BCUT2D eigenvalue weighted by Crippen LogP contribution is 2.33. The molecule has 3 atom stereocenters. The topological polar surface area (TPSA) is 76.6 Å². The third kappa shape index (κ3) is 4.88. The molecule has 7 nitrogen and oxygen atoms in total. The molecule has 4 rings (SSSR count). The number of carbonyl (C=O) groups is 2. The number of hydrazone groups is 1. The van der Waals surface area contributed by atoms with Crippen molar-refractivity contribution in [1.82, 2.24) is 5.01 Å². The summed E-state index contributed by atoms with van der Waals surface area (Å²) in [6.45, 7) is 6.05. The number of hydrogen-bond donors (Lipinski definition) is 1. The average molecular weight is 425 g/mol. The van der Waals surface area contributed by atoms with E-state index in [1.165, 1.54) is 5.56 Å². The number of likely N-dealkylation sites (tertiary alicyclic amines) is 1. The van der Waals surface area contributed by atoms with Gasteiger partial charge in [-0.2, -0.15) is 5.10 Å². The smallest absolute Gasteiger partial charge is 0.314 e.